The number of benzene rings is 4. The van der Waals surface area contributed by atoms with Crippen LogP contribution >= 0.6 is 23.5 Å². The summed E-state index contributed by atoms with van der Waals surface area (Å²) in [6, 6.07) is 25.3. The van der Waals surface area contributed by atoms with Crippen LogP contribution in [-0.4, -0.2) is 76.1 Å². The molecule has 18 heteroatoms. The molecule has 2 N–H and O–H groups in total. The smallest absolute Gasteiger partial charge is 0.368 e. The number of thioether (sulfide) groups is 2. The zero-order valence-corrected chi connectivity index (χ0v) is 39.6. The van der Waals surface area contributed by atoms with Crippen molar-refractivity contribution in [3.8, 4) is 11.5 Å². The molecule has 344 valence electrons. The number of anilines is 4. The van der Waals surface area contributed by atoms with Gasteiger partial charge in [0.15, 0.2) is 19.7 Å². The minimum atomic E-state index is -3.71. The Labute approximate surface area is 382 Å². The van der Waals surface area contributed by atoms with Gasteiger partial charge in [0.25, 0.3) is 0 Å². The zero-order valence-electron chi connectivity index (χ0n) is 36.3. The Bertz CT molecular complexity index is 2450. The van der Waals surface area contributed by atoms with E-state index >= 15 is 0 Å². The van der Waals surface area contributed by atoms with Crippen molar-refractivity contribution in [2.75, 3.05) is 46.9 Å². The molecule has 2 heterocycles. The number of hydrogen-bond donors (Lipinski definition) is 2. The molecule has 0 radical (unpaired) electrons. The molecule has 64 heavy (non-hydrogen) atoms. The third-order valence-electron chi connectivity index (χ3n) is 10.7. The fourth-order valence-corrected chi connectivity index (χ4v) is 13.3. The van der Waals surface area contributed by atoms with Crippen LogP contribution in [0, 0.1) is 10.8 Å². The molecule has 0 saturated carbocycles. The summed E-state index contributed by atoms with van der Waals surface area (Å²) in [5.74, 6) is -6.38. The summed E-state index contributed by atoms with van der Waals surface area (Å²) >= 11 is 2.59. The number of halogens is 2. The van der Waals surface area contributed by atoms with Crippen LogP contribution in [0.2, 0.25) is 0 Å². The molecule has 12 nitrogen and oxygen atoms in total. The van der Waals surface area contributed by atoms with Crippen LogP contribution in [-0.2, 0) is 29.3 Å². The Kier molecular flexibility index (Phi) is 16.3. The summed E-state index contributed by atoms with van der Waals surface area (Å²) in [7, 11) is -7.43. The van der Waals surface area contributed by atoms with Crippen molar-refractivity contribution in [3.63, 3.8) is 0 Å². The first-order chi connectivity index (χ1) is 30.2. The Morgan fingerprint density at radius 3 is 1.30 bits per heavy atom. The van der Waals surface area contributed by atoms with Gasteiger partial charge in [0.05, 0.1) is 42.5 Å². The Morgan fingerprint density at radius 2 is 1.00 bits per heavy atom. The Balaban J connectivity index is 0.000000241. The number of carboxylic acids is 2. The summed E-state index contributed by atoms with van der Waals surface area (Å²) in [4.78, 5) is 26.8. The number of para-hydroxylation sites is 2. The number of carbonyl (C=O) groups is 2. The van der Waals surface area contributed by atoms with Gasteiger partial charge in [-0.05, 0) is 72.6 Å². The Hall–Kier alpha value is -5.04. The van der Waals surface area contributed by atoms with Crippen molar-refractivity contribution in [2.24, 2.45) is 10.8 Å². The second-order valence-electron chi connectivity index (χ2n) is 16.2. The van der Waals surface area contributed by atoms with Gasteiger partial charge in [-0.2, -0.15) is 8.78 Å². The number of rotatable bonds is 14. The number of sulfone groups is 2. The lowest BCUT2D eigenvalue weighted by molar-refractivity contribution is -0.135. The molecule has 0 bridgehead atoms. The van der Waals surface area contributed by atoms with Gasteiger partial charge in [0, 0.05) is 36.6 Å². The van der Waals surface area contributed by atoms with Crippen LogP contribution in [0.25, 0.3) is 0 Å². The first kappa shape index (κ1) is 50.0. The summed E-state index contributed by atoms with van der Waals surface area (Å²) in [6.45, 7) is 9.05. The SMILES string of the molecule is CCC[C@@]1(C)CN(c2ccccc2)c2cc(SC)c(O/C=C(\F)C(=O)O)cc2S(=O)(=O)C1.CCC[C@]1(C)CN(c2ccccc2)c2cc(SC)c(O/C=C(\F)C(=O)O)cc2S(=O)(=O)C1. The molecule has 0 saturated heterocycles. The topological polar surface area (TPSA) is 168 Å². The fourth-order valence-electron chi connectivity index (χ4n) is 8.10. The van der Waals surface area contributed by atoms with Crippen LogP contribution in [0.1, 0.15) is 53.4 Å². The summed E-state index contributed by atoms with van der Waals surface area (Å²) in [5, 5.41) is 17.5. The highest BCUT2D eigenvalue weighted by molar-refractivity contribution is 7.99. The number of hydrogen-bond acceptors (Lipinski definition) is 12. The molecular weight excluding hydrogens is 907 g/mol. The van der Waals surface area contributed by atoms with Gasteiger partial charge in [0.2, 0.25) is 11.7 Å². The van der Waals surface area contributed by atoms with Crippen molar-refractivity contribution < 1.29 is 54.9 Å². The fraction of sp³-hybridized carbons (Fsp3) is 0.348. The van der Waals surface area contributed by atoms with Crippen LogP contribution in [0.15, 0.2) is 129 Å². The van der Waals surface area contributed by atoms with Gasteiger partial charge >= 0.3 is 11.9 Å². The van der Waals surface area contributed by atoms with Crippen LogP contribution in [0.4, 0.5) is 31.5 Å². The highest BCUT2D eigenvalue weighted by Gasteiger charge is 2.41. The van der Waals surface area contributed by atoms with Gasteiger partial charge in [-0.15, -0.1) is 23.5 Å². The normalized spacial score (nSPS) is 20.4. The van der Waals surface area contributed by atoms with E-state index in [9.17, 15) is 35.2 Å². The lowest BCUT2D eigenvalue weighted by atomic mass is 9.87. The molecule has 0 fully saturated rings. The standard InChI is InChI=1S/2C23H26FNO5S2/c2*1-4-10-23(2)14-25(16-8-6-5-7-9-16)18-11-20(31-3)19(30-13-17(24)22(26)27)12-21(18)32(28,29)15-23/h2*5-9,11-13H,4,10,14-15H2,1-3H3,(H,26,27)/b2*17-13-/t2*23-/m10/s1. The number of nitrogens with zero attached hydrogens (tertiary/aromatic N) is 2. The van der Waals surface area contributed by atoms with Crippen LogP contribution in [0.5, 0.6) is 11.5 Å². The molecule has 4 aromatic rings. The Morgan fingerprint density at radius 1 is 0.656 bits per heavy atom. The minimum absolute atomic E-state index is 0.0401. The van der Waals surface area contributed by atoms with E-state index in [-0.39, 0.29) is 32.8 Å². The number of ether oxygens (including phenoxy) is 2. The molecule has 0 amide bonds. The van der Waals surface area contributed by atoms with Crippen molar-refractivity contribution in [1.29, 1.82) is 0 Å². The lowest BCUT2D eigenvalue weighted by Gasteiger charge is -2.34. The third kappa shape index (κ3) is 11.8. The molecule has 2 aliphatic heterocycles. The monoisotopic (exact) mass is 958 g/mol. The van der Waals surface area contributed by atoms with E-state index in [0.717, 1.165) is 37.1 Å². The van der Waals surface area contributed by atoms with Gasteiger partial charge in [-0.25, -0.2) is 26.4 Å². The molecule has 2 atom stereocenters. The van der Waals surface area contributed by atoms with Crippen molar-refractivity contribution in [1.82, 2.24) is 0 Å². The minimum Gasteiger partial charge on any atom is -0.476 e. The second-order valence-corrected chi connectivity index (χ2v) is 21.8. The van der Waals surface area contributed by atoms with E-state index in [1.807, 2.05) is 98.2 Å². The third-order valence-corrected chi connectivity index (χ3v) is 16.4. The van der Waals surface area contributed by atoms with Crippen molar-refractivity contribution in [2.45, 2.75) is 73.0 Å². The molecule has 0 spiro atoms. The van der Waals surface area contributed by atoms with Gasteiger partial charge < -0.3 is 29.5 Å². The lowest BCUT2D eigenvalue weighted by Crippen LogP contribution is -2.35. The maximum Gasteiger partial charge on any atom is 0.368 e. The first-order valence-electron chi connectivity index (χ1n) is 20.3. The first-order valence-corrected chi connectivity index (χ1v) is 26.0. The van der Waals surface area contributed by atoms with Gasteiger partial charge in [-0.1, -0.05) is 76.9 Å². The maximum atomic E-state index is 13.5. The predicted octanol–water partition coefficient (Wildman–Crippen LogP) is 10.8. The highest BCUT2D eigenvalue weighted by Crippen LogP contribution is 2.48. The van der Waals surface area contributed by atoms with Crippen molar-refractivity contribution >= 4 is 77.9 Å². The summed E-state index contributed by atoms with van der Waals surface area (Å²) < 4.78 is 91.4. The molecule has 6 rings (SSSR count). The summed E-state index contributed by atoms with van der Waals surface area (Å²) in [5.41, 5.74) is 1.80. The van der Waals surface area contributed by atoms with E-state index in [1.165, 1.54) is 35.7 Å². The number of carboxylic acid groups (broad SMARTS) is 2. The predicted molar refractivity (Wildman–Crippen MR) is 248 cm³/mol. The molecule has 0 unspecified atom stereocenters. The number of aliphatic carboxylic acids is 2. The van der Waals surface area contributed by atoms with E-state index in [2.05, 4.69) is 0 Å². The molecule has 4 aromatic carbocycles. The average molecular weight is 959 g/mol. The van der Waals surface area contributed by atoms with E-state index < -0.39 is 54.1 Å². The molecule has 2 aliphatic rings. The molecular formula is C46H52F2N2O10S4. The second kappa shape index (κ2) is 20.9. The zero-order chi connectivity index (χ0) is 47.0. The molecule has 0 aliphatic carbocycles. The molecule has 0 aromatic heterocycles. The van der Waals surface area contributed by atoms with Crippen LogP contribution in [0.3, 0.4) is 0 Å². The highest BCUT2D eigenvalue weighted by atomic mass is 32.2. The average Bonchev–Trinajstić information content (AvgIpc) is 3.40. The maximum absolute atomic E-state index is 13.5. The number of fused-ring (bicyclic) bond motifs is 2. The van der Waals surface area contributed by atoms with E-state index in [1.54, 1.807) is 24.6 Å². The largest absolute Gasteiger partial charge is 0.476 e. The van der Waals surface area contributed by atoms with E-state index in [4.69, 9.17) is 19.7 Å². The van der Waals surface area contributed by atoms with Gasteiger partial charge in [0.1, 0.15) is 24.0 Å². The van der Waals surface area contributed by atoms with Crippen molar-refractivity contribution in [3.05, 3.63) is 109 Å². The van der Waals surface area contributed by atoms with Crippen LogP contribution < -0.4 is 19.3 Å². The summed E-state index contributed by atoms with van der Waals surface area (Å²) in [6.07, 6.45) is 7.66. The van der Waals surface area contributed by atoms with Gasteiger partial charge in [-0.3, -0.25) is 0 Å². The quantitative estimate of drug-likeness (QED) is 0.0696. The van der Waals surface area contributed by atoms with E-state index in [0.29, 0.717) is 46.8 Å².